The van der Waals surface area contributed by atoms with Crippen LogP contribution in [-0.2, 0) is 5.54 Å². The molecule has 2 atom stereocenters. The van der Waals surface area contributed by atoms with E-state index in [2.05, 4.69) is 329 Å². The van der Waals surface area contributed by atoms with Crippen molar-refractivity contribution in [3.05, 3.63) is 314 Å². The quantitative estimate of drug-likeness (QED) is 0.138. The Hall–Kier alpha value is -11.3. The van der Waals surface area contributed by atoms with Crippen LogP contribution in [0.3, 0.4) is 0 Å². The Morgan fingerprint density at radius 3 is 1.19 bits per heavy atom. The second kappa shape index (κ2) is 20.4. The van der Waals surface area contributed by atoms with Gasteiger partial charge in [0.15, 0.2) is 5.84 Å². The number of aliphatic imine (C=N–C) groups is 2. The first-order valence-corrected chi connectivity index (χ1v) is 31.4. The third-order valence-corrected chi connectivity index (χ3v) is 19.2. The van der Waals surface area contributed by atoms with Gasteiger partial charge in [0.05, 0.1) is 55.4 Å². The lowest BCUT2D eigenvalue weighted by atomic mass is 9.83. The van der Waals surface area contributed by atoms with Gasteiger partial charge in [-0.3, -0.25) is 4.99 Å². The molecule has 12 aromatic carbocycles. The predicted molar refractivity (Wildman–Crippen MR) is 378 cm³/mol. The Bertz CT molecular complexity index is 5730. The molecule has 0 spiro atoms. The van der Waals surface area contributed by atoms with Crippen molar-refractivity contribution in [1.29, 1.82) is 0 Å². The van der Waals surface area contributed by atoms with E-state index < -0.39 is 5.54 Å². The molecule has 6 heteroatoms. The molecule has 0 radical (unpaired) electrons. The number of rotatable bonds is 9. The molecule has 18 rings (SSSR count). The zero-order valence-corrected chi connectivity index (χ0v) is 50.0. The zero-order chi connectivity index (χ0) is 59.6. The molecule has 2 aliphatic rings. The molecule has 16 aromatic rings. The van der Waals surface area contributed by atoms with Crippen LogP contribution in [0.5, 0.6) is 0 Å². The maximum atomic E-state index is 5.71. The Morgan fingerprint density at radius 2 is 0.711 bits per heavy atom. The fourth-order valence-electron chi connectivity index (χ4n) is 14.9. The maximum absolute atomic E-state index is 5.71. The summed E-state index contributed by atoms with van der Waals surface area (Å²) in [5.41, 5.74) is 22.3. The molecule has 2 unspecified atom stereocenters. The van der Waals surface area contributed by atoms with E-state index in [9.17, 15) is 0 Å². The number of nitrogens with zero attached hydrogens (tertiary/aromatic N) is 6. The van der Waals surface area contributed by atoms with Crippen molar-refractivity contribution in [2.75, 3.05) is 0 Å². The number of para-hydroxylation sites is 5. The number of aromatic nitrogens is 4. The van der Waals surface area contributed by atoms with Crippen molar-refractivity contribution in [2.45, 2.75) is 32.2 Å². The van der Waals surface area contributed by atoms with Gasteiger partial charge < -0.3 is 18.3 Å². The van der Waals surface area contributed by atoms with E-state index in [1.165, 1.54) is 93.1 Å². The smallest absolute Gasteiger partial charge is 0.155 e. The van der Waals surface area contributed by atoms with Crippen LogP contribution in [0.25, 0.3) is 132 Å². The van der Waals surface area contributed by atoms with Crippen LogP contribution in [0.4, 0.5) is 0 Å². The number of allylic oxidation sites excluding steroid dienone is 4. The van der Waals surface area contributed by atoms with E-state index in [4.69, 9.17) is 9.98 Å². The summed E-state index contributed by atoms with van der Waals surface area (Å²) in [5, 5.41) is 9.72. The molecule has 90 heavy (non-hydrogen) atoms. The van der Waals surface area contributed by atoms with Gasteiger partial charge in [-0.25, -0.2) is 4.99 Å². The van der Waals surface area contributed by atoms with Gasteiger partial charge in [0.2, 0.25) is 0 Å². The molecule has 4 aromatic heterocycles. The van der Waals surface area contributed by atoms with Gasteiger partial charge in [0, 0.05) is 77.8 Å². The summed E-state index contributed by atoms with van der Waals surface area (Å²) in [5.74, 6) is 1.22. The summed E-state index contributed by atoms with van der Waals surface area (Å²) < 4.78 is 9.66. The van der Waals surface area contributed by atoms with Crippen LogP contribution in [0, 0.1) is 5.92 Å². The summed E-state index contributed by atoms with van der Waals surface area (Å²) in [7, 11) is 0. The predicted octanol–water partition coefficient (Wildman–Crippen LogP) is 21.4. The fourth-order valence-corrected chi connectivity index (χ4v) is 14.9. The largest absolute Gasteiger partial charge is 0.310 e. The van der Waals surface area contributed by atoms with Crippen LogP contribution in [0.15, 0.2) is 307 Å². The van der Waals surface area contributed by atoms with E-state index in [-0.39, 0.29) is 0 Å². The molecule has 0 bridgehead atoms. The average Bonchev–Trinajstić information content (AvgIpc) is 1.58. The molecule has 0 amide bonds. The Kier molecular flexibility index (Phi) is 11.7. The van der Waals surface area contributed by atoms with E-state index >= 15 is 0 Å². The van der Waals surface area contributed by atoms with E-state index in [1.54, 1.807) is 0 Å². The molecule has 0 N–H and O–H groups in total. The molecule has 5 heterocycles. The normalized spacial score (nSPS) is 16.1. The molecule has 6 nitrogen and oxygen atoms in total. The first kappa shape index (κ1) is 51.8. The summed E-state index contributed by atoms with van der Waals surface area (Å²) in [6, 6.07) is 102. The number of benzene rings is 12. The first-order chi connectivity index (χ1) is 44.4. The van der Waals surface area contributed by atoms with Crippen molar-refractivity contribution >= 4 is 104 Å². The summed E-state index contributed by atoms with van der Waals surface area (Å²) in [4.78, 5) is 11.3. The zero-order valence-electron chi connectivity index (χ0n) is 50.0. The monoisotopic (exact) mass is 1150 g/mol. The molecular formula is C84H60N6. The van der Waals surface area contributed by atoms with Crippen LogP contribution < -0.4 is 0 Å². The Balaban J connectivity index is 0.777. The van der Waals surface area contributed by atoms with Crippen LogP contribution in [0.2, 0.25) is 0 Å². The molecule has 426 valence electrons. The minimum atomic E-state index is -0.683. The van der Waals surface area contributed by atoms with Crippen LogP contribution in [0.1, 0.15) is 43.4 Å². The molecule has 0 saturated carbocycles. The van der Waals surface area contributed by atoms with Crippen LogP contribution in [-0.4, -0.2) is 29.8 Å². The lowest BCUT2D eigenvalue weighted by Crippen LogP contribution is -2.30. The SMILES string of the molecule is CC1C=C(n2c3ccccc3c3cc(-c4ccc5c(c4)c4cc(C6(C)CC(c7ccc8c(c7)c7cc(-c9ccc%10c(c9)c9ccccc9n%10-c9ccccc9)ccc7n8-c7ccccc7)=NC(c7ccccc7)=N6)ccc4n5-c4ccccc4)ccc32)C=CC1. The second-order valence-corrected chi connectivity index (χ2v) is 24.8. The maximum Gasteiger partial charge on any atom is 0.155 e. The van der Waals surface area contributed by atoms with E-state index in [0.29, 0.717) is 12.3 Å². The second-order valence-electron chi connectivity index (χ2n) is 24.8. The van der Waals surface area contributed by atoms with Crippen LogP contribution >= 0.6 is 0 Å². The summed E-state index contributed by atoms with van der Waals surface area (Å²) >= 11 is 0. The average molecular weight is 1150 g/mol. The lowest BCUT2D eigenvalue weighted by Gasteiger charge is -2.31. The van der Waals surface area contributed by atoms with Gasteiger partial charge in [0.1, 0.15) is 0 Å². The van der Waals surface area contributed by atoms with Crippen molar-refractivity contribution < 1.29 is 0 Å². The van der Waals surface area contributed by atoms with Gasteiger partial charge in [-0.1, -0.05) is 177 Å². The highest BCUT2D eigenvalue weighted by Gasteiger charge is 2.34. The third kappa shape index (κ3) is 8.25. The number of hydrogen-bond donors (Lipinski definition) is 0. The standard InChI is InChI=1S/C84H60N6/c1-54-20-19-29-65(46-54)90-76-33-18-16-31-67(76)69-48-57(35-41-78(69)90)59-37-43-80-71(50-59)73-52-61(39-45-82(73)89(80)64-27-13-6-14-28-64)84(2)53-74(85-83(86-84)55-21-7-3-8-22-55)60-38-44-81-72(51-60)70-49-58(36-42-79(70)88(81)63-25-11-5-12-26-63)56-34-40-77-68(47-56)66-30-15-17-32-75(66)87(77)62-23-9-4-10-24-62/h3-19,21-52,54H,20,53H2,1-2H3. The molecule has 1 aliphatic carbocycles. The fraction of sp³-hybridized carbons (Fsp3) is 0.0714. The Labute approximate surface area is 521 Å². The lowest BCUT2D eigenvalue weighted by molar-refractivity contribution is 0.515. The van der Waals surface area contributed by atoms with Gasteiger partial charge in [-0.2, -0.15) is 0 Å². The van der Waals surface area contributed by atoms with E-state index in [0.717, 1.165) is 73.8 Å². The summed E-state index contributed by atoms with van der Waals surface area (Å²) in [6.45, 7) is 4.61. The first-order valence-electron chi connectivity index (χ1n) is 31.4. The number of fused-ring (bicyclic) bond motifs is 12. The molecule has 1 aliphatic heterocycles. The minimum absolute atomic E-state index is 0.487. The highest BCUT2D eigenvalue weighted by Crippen LogP contribution is 2.44. The van der Waals surface area contributed by atoms with Gasteiger partial charge >= 0.3 is 0 Å². The van der Waals surface area contributed by atoms with E-state index in [1.807, 2.05) is 0 Å². The third-order valence-electron chi connectivity index (χ3n) is 19.2. The minimum Gasteiger partial charge on any atom is -0.310 e. The molecule has 0 saturated heterocycles. The molecular weight excluding hydrogens is 1090 g/mol. The molecule has 0 fully saturated rings. The number of hydrogen-bond acceptors (Lipinski definition) is 2. The highest BCUT2D eigenvalue weighted by molar-refractivity contribution is 6.19. The van der Waals surface area contributed by atoms with Gasteiger partial charge in [-0.05, 0) is 180 Å². The van der Waals surface area contributed by atoms with Crippen molar-refractivity contribution in [3.8, 4) is 39.3 Å². The highest BCUT2D eigenvalue weighted by atomic mass is 15.0. The topological polar surface area (TPSA) is 44.4 Å². The Morgan fingerprint density at radius 1 is 0.344 bits per heavy atom. The summed E-state index contributed by atoms with van der Waals surface area (Å²) in [6.07, 6.45) is 8.68. The number of amidine groups is 1. The van der Waals surface area contributed by atoms with Crippen molar-refractivity contribution in [1.82, 2.24) is 18.3 Å². The van der Waals surface area contributed by atoms with Gasteiger partial charge in [-0.15, -0.1) is 0 Å². The van der Waals surface area contributed by atoms with Crippen molar-refractivity contribution in [2.24, 2.45) is 15.9 Å². The van der Waals surface area contributed by atoms with Gasteiger partial charge in [0.25, 0.3) is 0 Å². The van der Waals surface area contributed by atoms with Crippen molar-refractivity contribution in [3.63, 3.8) is 0 Å².